The van der Waals surface area contributed by atoms with Crippen molar-refractivity contribution in [3.8, 4) is 10.4 Å². The molecule has 0 radical (unpaired) electrons. The second-order valence-electron chi connectivity index (χ2n) is 4.82. The van der Waals surface area contributed by atoms with Crippen LogP contribution in [0.25, 0.3) is 10.4 Å². The van der Waals surface area contributed by atoms with E-state index >= 15 is 0 Å². The van der Waals surface area contributed by atoms with E-state index < -0.39 is 0 Å². The van der Waals surface area contributed by atoms with Crippen LogP contribution in [0, 0.1) is 6.92 Å². The van der Waals surface area contributed by atoms with E-state index in [0.29, 0.717) is 6.10 Å². The molecule has 1 aromatic heterocycles. The highest BCUT2D eigenvalue weighted by Crippen LogP contribution is 2.32. The lowest BCUT2D eigenvalue weighted by Gasteiger charge is -2.08. The number of rotatable bonds is 4. The van der Waals surface area contributed by atoms with E-state index in [2.05, 4.69) is 41.5 Å². The zero-order chi connectivity index (χ0) is 13.1. The van der Waals surface area contributed by atoms with Crippen LogP contribution >= 0.6 is 11.3 Å². The van der Waals surface area contributed by atoms with Gasteiger partial charge in [-0.2, -0.15) is 0 Å². The second-order valence-corrected chi connectivity index (χ2v) is 5.81. The molecule has 1 saturated heterocycles. The zero-order valence-electron chi connectivity index (χ0n) is 11.1. The van der Waals surface area contributed by atoms with Crippen LogP contribution in [0.4, 0.5) is 5.13 Å². The highest BCUT2D eigenvalue weighted by molar-refractivity contribution is 7.19. The Morgan fingerprint density at radius 1 is 1.37 bits per heavy atom. The first-order chi connectivity index (χ1) is 9.33. The van der Waals surface area contributed by atoms with Crippen molar-refractivity contribution in [2.75, 3.05) is 18.5 Å². The molecular formula is C15H18N2OS. The summed E-state index contributed by atoms with van der Waals surface area (Å²) in [6.45, 7) is 3.83. The molecule has 0 saturated carbocycles. The molecule has 4 heteroatoms. The summed E-state index contributed by atoms with van der Waals surface area (Å²) in [7, 11) is 0. The first-order valence-corrected chi connectivity index (χ1v) is 7.53. The van der Waals surface area contributed by atoms with Crippen LogP contribution in [0.2, 0.25) is 0 Å². The van der Waals surface area contributed by atoms with Crippen molar-refractivity contribution >= 4 is 16.5 Å². The topological polar surface area (TPSA) is 34.2 Å². The molecule has 1 fully saturated rings. The van der Waals surface area contributed by atoms with E-state index in [1.54, 1.807) is 11.3 Å². The molecule has 19 heavy (non-hydrogen) atoms. The Balaban J connectivity index is 1.70. The van der Waals surface area contributed by atoms with E-state index in [-0.39, 0.29) is 0 Å². The molecule has 0 spiro atoms. The highest BCUT2D eigenvalue weighted by Gasteiger charge is 2.16. The average Bonchev–Trinajstić information content (AvgIpc) is 3.07. The number of thiazole rings is 1. The van der Waals surface area contributed by atoms with Crippen molar-refractivity contribution in [3.63, 3.8) is 0 Å². The third-order valence-corrected chi connectivity index (χ3v) is 4.50. The standard InChI is InChI=1S/C15H18N2OS/c1-11-14(12-6-3-2-4-7-12)19-15(17-11)16-10-13-8-5-9-18-13/h2-4,6-7,13H,5,8-10H2,1H3,(H,16,17)/t13-/m1/s1. The van der Waals surface area contributed by atoms with Crippen LogP contribution in [0.1, 0.15) is 18.5 Å². The van der Waals surface area contributed by atoms with Crippen molar-refractivity contribution < 1.29 is 4.74 Å². The summed E-state index contributed by atoms with van der Waals surface area (Å²) in [6.07, 6.45) is 2.69. The Morgan fingerprint density at radius 3 is 2.95 bits per heavy atom. The lowest BCUT2D eigenvalue weighted by atomic mass is 10.2. The summed E-state index contributed by atoms with van der Waals surface area (Å²) >= 11 is 1.72. The average molecular weight is 274 g/mol. The summed E-state index contributed by atoms with van der Waals surface area (Å²) in [5, 5.41) is 4.39. The lowest BCUT2D eigenvalue weighted by Crippen LogP contribution is -2.18. The predicted molar refractivity (Wildman–Crippen MR) is 79.8 cm³/mol. The van der Waals surface area contributed by atoms with E-state index in [0.717, 1.165) is 30.4 Å². The number of nitrogens with zero attached hydrogens (tertiary/aromatic N) is 1. The molecule has 2 heterocycles. The van der Waals surface area contributed by atoms with Gasteiger partial charge in [-0.1, -0.05) is 41.7 Å². The minimum atomic E-state index is 0.351. The maximum absolute atomic E-state index is 5.61. The van der Waals surface area contributed by atoms with Gasteiger partial charge in [0.15, 0.2) is 5.13 Å². The first kappa shape index (κ1) is 12.6. The quantitative estimate of drug-likeness (QED) is 0.923. The van der Waals surface area contributed by atoms with E-state index in [9.17, 15) is 0 Å². The van der Waals surface area contributed by atoms with Crippen molar-refractivity contribution in [1.82, 2.24) is 4.98 Å². The molecule has 0 aliphatic carbocycles. The fourth-order valence-electron chi connectivity index (χ4n) is 2.34. The van der Waals surface area contributed by atoms with Gasteiger partial charge in [-0.3, -0.25) is 0 Å². The maximum atomic E-state index is 5.61. The molecule has 100 valence electrons. The zero-order valence-corrected chi connectivity index (χ0v) is 11.9. The number of aryl methyl sites for hydroxylation is 1. The number of ether oxygens (including phenoxy) is 1. The van der Waals surface area contributed by atoms with Gasteiger partial charge in [0.1, 0.15) is 0 Å². The summed E-state index contributed by atoms with van der Waals surface area (Å²) in [5.41, 5.74) is 2.33. The normalized spacial score (nSPS) is 18.7. The van der Waals surface area contributed by atoms with Gasteiger partial charge in [0.05, 0.1) is 16.7 Å². The van der Waals surface area contributed by atoms with Gasteiger partial charge in [0.2, 0.25) is 0 Å². The van der Waals surface area contributed by atoms with Crippen LogP contribution in [0.5, 0.6) is 0 Å². The van der Waals surface area contributed by atoms with Crippen molar-refractivity contribution in [3.05, 3.63) is 36.0 Å². The molecule has 1 aliphatic rings. The first-order valence-electron chi connectivity index (χ1n) is 6.71. The van der Waals surface area contributed by atoms with Crippen LogP contribution in [-0.2, 0) is 4.74 Å². The molecular weight excluding hydrogens is 256 g/mol. The van der Waals surface area contributed by atoms with E-state index in [4.69, 9.17) is 4.74 Å². The summed E-state index contributed by atoms with van der Waals surface area (Å²) in [6, 6.07) is 10.4. The fourth-order valence-corrected chi connectivity index (χ4v) is 3.31. The molecule has 2 aromatic rings. The van der Waals surface area contributed by atoms with E-state index in [1.807, 2.05) is 6.07 Å². The van der Waals surface area contributed by atoms with Crippen molar-refractivity contribution in [2.24, 2.45) is 0 Å². The number of nitrogens with one attached hydrogen (secondary N) is 1. The third-order valence-electron chi connectivity index (χ3n) is 3.34. The second kappa shape index (κ2) is 5.72. The molecule has 0 unspecified atom stereocenters. The predicted octanol–water partition coefficient (Wildman–Crippen LogP) is 3.71. The van der Waals surface area contributed by atoms with Gasteiger partial charge < -0.3 is 10.1 Å². The lowest BCUT2D eigenvalue weighted by molar-refractivity contribution is 0.120. The maximum Gasteiger partial charge on any atom is 0.183 e. The smallest absolute Gasteiger partial charge is 0.183 e. The molecule has 3 rings (SSSR count). The summed E-state index contributed by atoms with van der Waals surface area (Å²) in [5.74, 6) is 0. The SMILES string of the molecule is Cc1nc(NC[C@H]2CCCO2)sc1-c1ccccc1. The summed E-state index contributed by atoms with van der Waals surface area (Å²) < 4.78 is 5.61. The van der Waals surface area contributed by atoms with Crippen molar-refractivity contribution in [2.45, 2.75) is 25.9 Å². The molecule has 1 aliphatic heterocycles. The molecule has 0 amide bonds. The van der Waals surface area contributed by atoms with Gasteiger partial charge in [0.25, 0.3) is 0 Å². The highest BCUT2D eigenvalue weighted by atomic mass is 32.1. The number of hydrogen-bond donors (Lipinski definition) is 1. The number of aromatic nitrogens is 1. The molecule has 1 atom stereocenters. The molecule has 1 aromatic carbocycles. The van der Waals surface area contributed by atoms with Crippen LogP contribution in [0.3, 0.4) is 0 Å². The molecule has 1 N–H and O–H groups in total. The van der Waals surface area contributed by atoms with Crippen molar-refractivity contribution in [1.29, 1.82) is 0 Å². The van der Waals surface area contributed by atoms with Gasteiger partial charge in [-0.15, -0.1) is 0 Å². The van der Waals surface area contributed by atoms with Gasteiger partial charge >= 0.3 is 0 Å². The fraction of sp³-hybridized carbons (Fsp3) is 0.400. The minimum absolute atomic E-state index is 0.351. The number of anilines is 1. The Hall–Kier alpha value is -1.39. The monoisotopic (exact) mass is 274 g/mol. The van der Waals surface area contributed by atoms with Gasteiger partial charge in [-0.25, -0.2) is 4.98 Å². The molecule has 0 bridgehead atoms. The number of benzene rings is 1. The van der Waals surface area contributed by atoms with Crippen LogP contribution in [0.15, 0.2) is 30.3 Å². The van der Waals surface area contributed by atoms with Gasteiger partial charge in [0, 0.05) is 13.2 Å². The van der Waals surface area contributed by atoms with Gasteiger partial charge in [-0.05, 0) is 25.3 Å². The number of hydrogen-bond acceptors (Lipinski definition) is 4. The minimum Gasteiger partial charge on any atom is -0.376 e. The van der Waals surface area contributed by atoms with Crippen LogP contribution in [-0.4, -0.2) is 24.2 Å². The van der Waals surface area contributed by atoms with E-state index in [1.165, 1.54) is 16.9 Å². The third kappa shape index (κ3) is 2.96. The largest absolute Gasteiger partial charge is 0.376 e. The Morgan fingerprint density at radius 2 is 2.21 bits per heavy atom. The summed E-state index contributed by atoms with van der Waals surface area (Å²) in [4.78, 5) is 5.85. The van der Waals surface area contributed by atoms with Crippen LogP contribution < -0.4 is 5.32 Å². The Labute approximate surface area is 117 Å². The molecule has 3 nitrogen and oxygen atoms in total. The Kier molecular flexibility index (Phi) is 3.80. The Bertz CT molecular complexity index is 532.